The molecule has 4 rings (SSSR count). The van der Waals surface area contributed by atoms with Gasteiger partial charge in [0.25, 0.3) is 0 Å². The number of hydrogen-bond donors (Lipinski definition) is 1. The third-order valence-corrected chi connectivity index (χ3v) is 5.39. The fourth-order valence-corrected chi connectivity index (χ4v) is 4.05. The lowest BCUT2D eigenvalue weighted by Crippen LogP contribution is -2.28. The normalized spacial score (nSPS) is 26.0. The van der Waals surface area contributed by atoms with Crippen LogP contribution in [0.15, 0.2) is 30.5 Å². The van der Waals surface area contributed by atoms with Gasteiger partial charge in [-0.1, -0.05) is 24.4 Å². The molecule has 2 fully saturated rings. The molecule has 0 spiro atoms. The molecule has 1 aromatic heterocycles. The maximum atomic E-state index is 6.25. The molecule has 3 heteroatoms. The van der Waals surface area contributed by atoms with E-state index in [9.17, 15) is 0 Å². The van der Waals surface area contributed by atoms with Crippen LogP contribution in [-0.2, 0) is 0 Å². The van der Waals surface area contributed by atoms with E-state index in [1.165, 1.54) is 44.2 Å². The molecule has 0 aliphatic heterocycles. The molecule has 0 bridgehead atoms. The average Bonchev–Trinajstić information content (AvgIpc) is 3.36. The fourth-order valence-electron chi connectivity index (χ4n) is 3.84. The van der Waals surface area contributed by atoms with Gasteiger partial charge in [0.15, 0.2) is 0 Å². The van der Waals surface area contributed by atoms with Crippen LogP contribution in [0.3, 0.4) is 0 Å². The lowest BCUT2D eigenvalue weighted by molar-refractivity contribution is 0.303. The summed E-state index contributed by atoms with van der Waals surface area (Å²) in [6.45, 7) is 0. The van der Waals surface area contributed by atoms with E-state index in [-0.39, 0.29) is 0 Å². The number of benzene rings is 1. The number of anilines is 1. The van der Waals surface area contributed by atoms with Crippen molar-refractivity contribution in [2.24, 2.45) is 11.8 Å². The second-order valence-corrected chi connectivity index (χ2v) is 7.01. The highest BCUT2D eigenvalue weighted by molar-refractivity contribution is 6.35. The second-order valence-electron chi connectivity index (χ2n) is 6.60. The van der Waals surface area contributed by atoms with Crippen molar-refractivity contribution < 1.29 is 0 Å². The van der Waals surface area contributed by atoms with Crippen LogP contribution in [0.25, 0.3) is 10.9 Å². The largest absolute Gasteiger partial charge is 0.382 e. The zero-order chi connectivity index (χ0) is 14.2. The zero-order valence-electron chi connectivity index (χ0n) is 12.2. The summed E-state index contributed by atoms with van der Waals surface area (Å²) in [4.78, 5) is 4.42. The van der Waals surface area contributed by atoms with E-state index in [1.807, 2.05) is 18.3 Å². The van der Waals surface area contributed by atoms with Gasteiger partial charge in [0, 0.05) is 23.3 Å². The van der Waals surface area contributed by atoms with E-state index in [0.717, 1.165) is 27.8 Å². The van der Waals surface area contributed by atoms with Crippen molar-refractivity contribution >= 4 is 28.2 Å². The van der Waals surface area contributed by atoms with Gasteiger partial charge >= 0.3 is 0 Å². The number of rotatable bonds is 3. The Morgan fingerprint density at radius 3 is 2.81 bits per heavy atom. The minimum Gasteiger partial charge on any atom is -0.382 e. The maximum Gasteiger partial charge on any atom is 0.0908 e. The highest BCUT2D eigenvalue weighted by Crippen LogP contribution is 2.44. The first-order chi connectivity index (χ1) is 10.3. The summed E-state index contributed by atoms with van der Waals surface area (Å²) in [5, 5.41) is 5.63. The van der Waals surface area contributed by atoms with Gasteiger partial charge in [-0.15, -0.1) is 0 Å². The van der Waals surface area contributed by atoms with Crippen LogP contribution in [0.2, 0.25) is 5.02 Å². The quantitative estimate of drug-likeness (QED) is 0.835. The Balaban J connectivity index is 1.57. The van der Waals surface area contributed by atoms with E-state index < -0.39 is 0 Å². The number of fused-ring (bicyclic) bond motifs is 1. The summed E-state index contributed by atoms with van der Waals surface area (Å²) in [5.41, 5.74) is 2.09. The van der Waals surface area contributed by atoms with Gasteiger partial charge in [0.2, 0.25) is 0 Å². The van der Waals surface area contributed by atoms with Crippen LogP contribution in [0.1, 0.15) is 38.5 Å². The summed E-state index contributed by atoms with van der Waals surface area (Å²) in [7, 11) is 0. The molecule has 2 saturated carbocycles. The van der Waals surface area contributed by atoms with Crippen molar-refractivity contribution in [3.63, 3.8) is 0 Å². The third kappa shape index (κ3) is 2.74. The van der Waals surface area contributed by atoms with Gasteiger partial charge in [0.1, 0.15) is 0 Å². The van der Waals surface area contributed by atoms with Gasteiger partial charge in [-0.3, -0.25) is 4.98 Å². The monoisotopic (exact) mass is 300 g/mol. The van der Waals surface area contributed by atoms with Crippen LogP contribution < -0.4 is 5.32 Å². The molecule has 0 saturated heterocycles. The Bertz CT molecular complexity index is 651. The first-order valence-electron chi connectivity index (χ1n) is 8.11. The summed E-state index contributed by atoms with van der Waals surface area (Å²) in [5.74, 6) is 1.98. The molecular weight excluding hydrogens is 280 g/mol. The Morgan fingerprint density at radius 1 is 1.05 bits per heavy atom. The van der Waals surface area contributed by atoms with Crippen molar-refractivity contribution in [2.75, 3.05) is 5.32 Å². The van der Waals surface area contributed by atoms with E-state index in [1.54, 1.807) is 0 Å². The number of nitrogens with one attached hydrogen (secondary N) is 1. The van der Waals surface area contributed by atoms with Gasteiger partial charge in [-0.25, -0.2) is 0 Å². The van der Waals surface area contributed by atoms with Crippen molar-refractivity contribution in [3.8, 4) is 0 Å². The van der Waals surface area contributed by atoms with Crippen molar-refractivity contribution in [3.05, 3.63) is 35.5 Å². The highest BCUT2D eigenvalue weighted by Gasteiger charge is 2.34. The molecule has 2 aliphatic carbocycles. The number of nitrogens with zero attached hydrogens (tertiary/aromatic N) is 1. The van der Waals surface area contributed by atoms with Crippen LogP contribution >= 0.6 is 11.6 Å². The number of hydrogen-bond acceptors (Lipinski definition) is 2. The summed E-state index contributed by atoms with van der Waals surface area (Å²) < 4.78 is 0. The molecule has 21 heavy (non-hydrogen) atoms. The smallest absolute Gasteiger partial charge is 0.0908 e. The van der Waals surface area contributed by atoms with Crippen LogP contribution in [0, 0.1) is 11.8 Å². The molecular formula is C18H21ClN2. The van der Waals surface area contributed by atoms with E-state index in [4.69, 9.17) is 11.6 Å². The fraction of sp³-hybridized carbons (Fsp3) is 0.500. The minimum atomic E-state index is 0.605. The van der Waals surface area contributed by atoms with Gasteiger partial charge in [-0.2, -0.15) is 0 Å². The number of halogens is 1. The van der Waals surface area contributed by atoms with Crippen molar-refractivity contribution in [1.82, 2.24) is 4.98 Å². The molecule has 2 nitrogen and oxygen atoms in total. The first-order valence-corrected chi connectivity index (χ1v) is 8.49. The highest BCUT2D eigenvalue weighted by atomic mass is 35.5. The predicted molar refractivity (Wildman–Crippen MR) is 88.8 cm³/mol. The van der Waals surface area contributed by atoms with Gasteiger partial charge < -0.3 is 5.32 Å². The van der Waals surface area contributed by atoms with Crippen molar-refractivity contribution in [2.45, 2.75) is 44.6 Å². The Labute approximate surface area is 130 Å². The molecule has 0 radical (unpaired) electrons. The van der Waals surface area contributed by atoms with E-state index in [0.29, 0.717) is 6.04 Å². The molecule has 1 aromatic carbocycles. The first kappa shape index (κ1) is 13.4. The third-order valence-electron chi connectivity index (χ3n) is 5.08. The molecule has 2 unspecified atom stereocenters. The van der Waals surface area contributed by atoms with Crippen LogP contribution in [0.5, 0.6) is 0 Å². The Hall–Kier alpha value is -1.28. The summed E-state index contributed by atoms with van der Waals surface area (Å²) >= 11 is 6.25. The van der Waals surface area contributed by atoms with Crippen LogP contribution in [0.4, 0.5) is 5.69 Å². The molecule has 110 valence electrons. The lowest BCUT2D eigenvalue weighted by Gasteiger charge is -2.31. The molecule has 1 N–H and O–H groups in total. The second kappa shape index (κ2) is 5.49. The van der Waals surface area contributed by atoms with E-state index in [2.05, 4.69) is 22.4 Å². The van der Waals surface area contributed by atoms with Crippen LogP contribution in [-0.4, -0.2) is 11.0 Å². The summed E-state index contributed by atoms with van der Waals surface area (Å²) in [6.07, 6.45) is 10.1. The molecule has 0 amide bonds. The number of aromatic nitrogens is 1. The topological polar surface area (TPSA) is 24.9 Å². The Morgan fingerprint density at radius 2 is 1.95 bits per heavy atom. The predicted octanol–water partition coefficient (Wildman–Crippen LogP) is 5.27. The average molecular weight is 301 g/mol. The minimum absolute atomic E-state index is 0.605. The molecule has 1 heterocycles. The maximum absolute atomic E-state index is 6.25. The van der Waals surface area contributed by atoms with Gasteiger partial charge in [-0.05, 0) is 61.8 Å². The summed E-state index contributed by atoms with van der Waals surface area (Å²) in [6, 6.07) is 8.76. The van der Waals surface area contributed by atoms with Gasteiger partial charge in [0.05, 0.1) is 10.5 Å². The Kier molecular flexibility index (Phi) is 3.50. The van der Waals surface area contributed by atoms with Crippen molar-refractivity contribution in [1.29, 1.82) is 0 Å². The zero-order valence-corrected chi connectivity index (χ0v) is 12.9. The van der Waals surface area contributed by atoms with E-state index >= 15 is 0 Å². The SMILES string of the molecule is Clc1ccc(NC2CCCC(C3CC3)C2)c2cccnc12. The lowest BCUT2D eigenvalue weighted by atomic mass is 9.82. The number of pyridine rings is 1. The molecule has 2 atom stereocenters. The molecule has 2 aliphatic rings. The molecule has 2 aromatic rings. The standard InChI is InChI=1S/C18H21ClN2/c19-16-8-9-17(15-5-2-10-20-18(15)16)21-14-4-1-3-13(11-14)12-6-7-12/h2,5,8-10,12-14,21H,1,3-4,6-7,11H2.